The van der Waals surface area contributed by atoms with Crippen molar-refractivity contribution in [3.8, 4) is 12.1 Å². The maximum atomic E-state index is 13.9. The molecule has 0 saturated heterocycles. The first-order chi connectivity index (χ1) is 15.2. The summed E-state index contributed by atoms with van der Waals surface area (Å²) in [6.07, 6.45) is -0.624. The van der Waals surface area contributed by atoms with Crippen LogP contribution in [0, 0.1) is 28.6 Å². The number of aryl methyl sites for hydroxylation is 2. The topological polar surface area (TPSA) is 89.6 Å². The molecule has 2 aromatic rings. The molecule has 166 valence electrons. The smallest absolute Gasteiger partial charge is 0.316 e. The Morgan fingerprint density at radius 3 is 2.66 bits per heavy atom. The van der Waals surface area contributed by atoms with Crippen LogP contribution in [0.1, 0.15) is 58.2 Å². The van der Waals surface area contributed by atoms with Gasteiger partial charge < -0.3 is 5.32 Å². The molecule has 2 aliphatic carbocycles. The Bertz CT molecular complexity index is 1170. The number of pyridine rings is 1. The SMILES string of the molecule is C[C@H]1CCc2nc(SCC(=O)Nc3sc4c(c3C#N)CCC4)c(C#N)c(C(F)(F)F)c2C1. The summed E-state index contributed by atoms with van der Waals surface area (Å²) in [6, 6.07) is 3.82. The highest BCUT2D eigenvalue weighted by Gasteiger charge is 2.40. The molecule has 4 rings (SSSR count). The third-order valence-corrected chi connectivity index (χ3v) is 7.98. The second-order valence-corrected chi connectivity index (χ2v) is 10.1. The Kier molecular flexibility index (Phi) is 6.19. The van der Waals surface area contributed by atoms with Gasteiger partial charge in [0.05, 0.1) is 22.4 Å². The summed E-state index contributed by atoms with van der Waals surface area (Å²) in [6.45, 7) is 1.89. The van der Waals surface area contributed by atoms with E-state index in [1.807, 2.05) is 6.92 Å². The number of rotatable bonds is 4. The monoisotopic (exact) mass is 476 g/mol. The minimum atomic E-state index is -4.67. The van der Waals surface area contributed by atoms with E-state index in [0.717, 1.165) is 47.9 Å². The van der Waals surface area contributed by atoms with E-state index in [1.54, 1.807) is 6.07 Å². The Balaban J connectivity index is 1.58. The van der Waals surface area contributed by atoms with Gasteiger partial charge in [0.15, 0.2) is 0 Å². The van der Waals surface area contributed by atoms with E-state index >= 15 is 0 Å². The van der Waals surface area contributed by atoms with E-state index in [4.69, 9.17) is 0 Å². The first kappa shape index (κ1) is 22.6. The lowest BCUT2D eigenvalue weighted by molar-refractivity contribution is -0.138. The molecule has 0 radical (unpaired) electrons. The fraction of sp³-hybridized carbons (Fsp3) is 0.455. The predicted molar refractivity (Wildman–Crippen MR) is 116 cm³/mol. The van der Waals surface area contributed by atoms with Gasteiger partial charge in [0.2, 0.25) is 5.91 Å². The number of thiophene rings is 1. The van der Waals surface area contributed by atoms with Crippen LogP contribution < -0.4 is 5.32 Å². The Hall–Kier alpha value is -2.56. The highest BCUT2D eigenvalue weighted by atomic mass is 32.2. The number of aromatic nitrogens is 1. The molecule has 0 aromatic carbocycles. The molecule has 0 fully saturated rings. The van der Waals surface area contributed by atoms with Crippen molar-refractivity contribution in [1.82, 2.24) is 4.98 Å². The number of carbonyl (C=O) groups excluding carboxylic acids is 1. The van der Waals surface area contributed by atoms with Crippen LogP contribution in [-0.4, -0.2) is 16.6 Å². The van der Waals surface area contributed by atoms with Gasteiger partial charge >= 0.3 is 6.18 Å². The number of nitrogens with zero attached hydrogens (tertiary/aromatic N) is 3. The first-order valence-corrected chi connectivity index (χ1v) is 12.0. The third-order valence-electron chi connectivity index (χ3n) is 5.80. The van der Waals surface area contributed by atoms with Crippen molar-refractivity contribution < 1.29 is 18.0 Å². The van der Waals surface area contributed by atoms with Gasteiger partial charge in [-0.15, -0.1) is 11.3 Å². The largest absolute Gasteiger partial charge is 0.418 e. The van der Waals surface area contributed by atoms with E-state index < -0.39 is 23.2 Å². The number of nitriles is 2. The summed E-state index contributed by atoms with van der Waals surface area (Å²) >= 11 is 2.20. The van der Waals surface area contributed by atoms with Crippen LogP contribution in [0.3, 0.4) is 0 Å². The molecule has 10 heteroatoms. The third kappa shape index (κ3) is 4.22. The Morgan fingerprint density at radius 1 is 1.22 bits per heavy atom. The highest BCUT2D eigenvalue weighted by molar-refractivity contribution is 8.00. The minimum absolute atomic E-state index is 0.0718. The lowest BCUT2D eigenvalue weighted by atomic mass is 9.84. The van der Waals surface area contributed by atoms with Gasteiger partial charge in [-0.1, -0.05) is 18.7 Å². The zero-order valence-electron chi connectivity index (χ0n) is 17.2. The molecule has 0 aliphatic heterocycles. The van der Waals surface area contributed by atoms with Crippen LogP contribution >= 0.6 is 23.1 Å². The number of thioether (sulfide) groups is 1. The number of amides is 1. The maximum Gasteiger partial charge on any atom is 0.418 e. The van der Waals surface area contributed by atoms with Crippen LogP contribution in [0.15, 0.2) is 5.03 Å². The molecule has 1 N–H and O–H groups in total. The van der Waals surface area contributed by atoms with Crippen molar-refractivity contribution in [1.29, 1.82) is 10.5 Å². The molecule has 0 bridgehead atoms. The molecule has 2 aromatic heterocycles. The van der Waals surface area contributed by atoms with Gasteiger partial charge in [-0.3, -0.25) is 4.79 Å². The molecule has 0 unspecified atom stereocenters. The van der Waals surface area contributed by atoms with Crippen molar-refractivity contribution in [3.05, 3.63) is 38.4 Å². The highest BCUT2D eigenvalue weighted by Crippen LogP contribution is 2.42. The zero-order valence-corrected chi connectivity index (χ0v) is 18.9. The van der Waals surface area contributed by atoms with Crippen molar-refractivity contribution >= 4 is 34.0 Å². The van der Waals surface area contributed by atoms with E-state index in [9.17, 15) is 28.5 Å². The van der Waals surface area contributed by atoms with Crippen LogP contribution in [0.5, 0.6) is 0 Å². The molecule has 1 amide bonds. The van der Waals surface area contributed by atoms with Crippen LogP contribution in [0.25, 0.3) is 0 Å². The number of anilines is 1. The number of carbonyl (C=O) groups is 1. The number of halogens is 3. The van der Waals surface area contributed by atoms with E-state index in [-0.39, 0.29) is 28.7 Å². The Labute approximate surface area is 191 Å². The number of nitrogens with one attached hydrogen (secondary N) is 1. The number of hydrogen-bond acceptors (Lipinski definition) is 6. The normalized spacial score (nSPS) is 17.2. The van der Waals surface area contributed by atoms with Gasteiger partial charge in [-0.25, -0.2) is 4.98 Å². The number of alkyl halides is 3. The minimum Gasteiger partial charge on any atom is -0.316 e. The van der Waals surface area contributed by atoms with Crippen molar-refractivity contribution in [2.75, 3.05) is 11.1 Å². The maximum absolute atomic E-state index is 13.9. The van der Waals surface area contributed by atoms with Gasteiger partial charge in [-0.2, -0.15) is 23.7 Å². The average Bonchev–Trinajstić information content (AvgIpc) is 3.30. The van der Waals surface area contributed by atoms with Crippen molar-refractivity contribution in [2.24, 2.45) is 5.92 Å². The molecule has 5 nitrogen and oxygen atoms in total. The van der Waals surface area contributed by atoms with Crippen LogP contribution in [0.4, 0.5) is 18.2 Å². The van der Waals surface area contributed by atoms with Gasteiger partial charge in [0.25, 0.3) is 0 Å². The summed E-state index contributed by atoms with van der Waals surface area (Å²) < 4.78 is 41.6. The summed E-state index contributed by atoms with van der Waals surface area (Å²) in [4.78, 5) is 18.0. The van der Waals surface area contributed by atoms with Crippen molar-refractivity contribution in [3.63, 3.8) is 0 Å². The quantitative estimate of drug-likeness (QED) is 0.609. The fourth-order valence-electron chi connectivity index (χ4n) is 4.34. The zero-order chi connectivity index (χ0) is 23.0. The molecule has 2 heterocycles. The van der Waals surface area contributed by atoms with Crippen LogP contribution in [-0.2, 0) is 36.7 Å². The van der Waals surface area contributed by atoms with Gasteiger partial charge in [0, 0.05) is 10.6 Å². The average molecular weight is 477 g/mol. The van der Waals surface area contributed by atoms with E-state index in [0.29, 0.717) is 22.7 Å². The lowest BCUT2D eigenvalue weighted by Gasteiger charge is -2.26. The molecule has 32 heavy (non-hydrogen) atoms. The summed E-state index contributed by atoms with van der Waals surface area (Å²) in [7, 11) is 0. The number of fused-ring (bicyclic) bond motifs is 2. The molecule has 1 atom stereocenters. The fourth-order valence-corrected chi connectivity index (χ4v) is 6.40. The van der Waals surface area contributed by atoms with E-state index in [2.05, 4.69) is 16.4 Å². The Morgan fingerprint density at radius 2 is 1.97 bits per heavy atom. The molecule has 2 aliphatic rings. The van der Waals surface area contributed by atoms with Crippen molar-refractivity contribution in [2.45, 2.75) is 56.7 Å². The second-order valence-electron chi connectivity index (χ2n) is 8.06. The lowest BCUT2D eigenvalue weighted by Crippen LogP contribution is -2.22. The number of hydrogen-bond donors (Lipinski definition) is 1. The molecular weight excluding hydrogens is 457 g/mol. The second kappa shape index (κ2) is 8.76. The summed E-state index contributed by atoms with van der Waals surface area (Å²) in [5.41, 5.74) is 0.482. The van der Waals surface area contributed by atoms with Gasteiger partial charge in [0.1, 0.15) is 22.2 Å². The molecule has 0 spiro atoms. The van der Waals surface area contributed by atoms with Gasteiger partial charge in [-0.05, 0) is 55.6 Å². The summed E-state index contributed by atoms with van der Waals surface area (Å²) in [5, 5.41) is 22.1. The first-order valence-electron chi connectivity index (χ1n) is 10.2. The predicted octanol–water partition coefficient (Wildman–Crippen LogP) is 5.25. The summed E-state index contributed by atoms with van der Waals surface area (Å²) in [5.74, 6) is -0.568. The molecule has 0 saturated carbocycles. The molecular formula is C22H19F3N4OS2. The standard InChI is InChI=1S/C22H19F3N4OS2/c1-11-5-6-16-13(7-11)19(22(23,24)25)15(9-27)20(28-16)31-10-18(30)29-21-14(8-26)12-3-2-4-17(12)32-21/h11H,2-7,10H2,1H3,(H,29,30)/t11-/m0/s1. The van der Waals surface area contributed by atoms with Crippen LogP contribution in [0.2, 0.25) is 0 Å². The van der Waals surface area contributed by atoms with E-state index in [1.165, 1.54) is 11.3 Å².